The lowest BCUT2D eigenvalue weighted by atomic mass is 9.94. The van der Waals surface area contributed by atoms with Crippen molar-refractivity contribution in [3.63, 3.8) is 0 Å². The Labute approximate surface area is 185 Å². The van der Waals surface area contributed by atoms with Crippen LogP contribution in [0.25, 0.3) is 0 Å². The molecule has 2 aliphatic rings. The van der Waals surface area contributed by atoms with Gasteiger partial charge in [0.1, 0.15) is 0 Å². The predicted molar refractivity (Wildman–Crippen MR) is 128 cm³/mol. The summed E-state index contributed by atoms with van der Waals surface area (Å²) in [4.78, 5) is 0. The minimum Gasteiger partial charge on any atom is -0.357 e. The smallest absolute Gasteiger partial charge is 0.0936 e. The van der Waals surface area contributed by atoms with Gasteiger partial charge in [0.05, 0.1) is 28.2 Å². The number of rotatable bonds is 2. The maximum absolute atomic E-state index is 8.00. The molecule has 0 unspecified atom stereocenters. The van der Waals surface area contributed by atoms with Crippen LogP contribution < -0.4 is 5.36 Å². The van der Waals surface area contributed by atoms with Gasteiger partial charge in [-0.05, 0) is 48.6 Å². The molecule has 0 saturated heterocycles. The van der Waals surface area contributed by atoms with E-state index in [1.54, 1.807) is 6.08 Å². The van der Waals surface area contributed by atoms with Crippen molar-refractivity contribution in [3.05, 3.63) is 102 Å². The Bertz CT molecular complexity index is 1150. The summed E-state index contributed by atoms with van der Waals surface area (Å²) in [6.45, 7) is 0. The quantitative estimate of drug-likeness (QED) is 0.375. The van der Waals surface area contributed by atoms with E-state index < -0.39 is 0 Å². The van der Waals surface area contributed by atoms with E-state index in [2.05, 4.69) is 20.4 Å². The monoisotopic (exact) mass is 494 g/mol. The molecule has 1 aromatic carbocycles. The molecule has 0 fully saturated rings. The second-order valence-corrected chi connectivity index (χ2v) is 6.32. The lowest BCUT2D eigenvalue weighted by Crippen LogP contribution is -2.12. The van der Waals surface area contributed by atoms with Crippen LogP contribution in [0.15, 0.2) is 106 Å². The van der Waals surface area contributed by atoms with Crippen molar-refractivity contribution >= 4 is 46.8 Å². The second kappa shape index (κ2) is 9.33. The van der Waals surface area contributed by atoms with Gasteiger partial charge in [-0.15, -0.1) is 29.1 Å². The number of aromatic nitrogens is 1. The molecular weight excluding hydrogens is 475 g/mol. The molecule has 6 nitrogen and oxygen atoms in total. The van der Waals surface area contributed by atoms with E-state index >= 15 is 0 Å². The summed E-state index contributed by atoms with van der Waals surface area (Å²) in [5.41, 5.74) is 4.48. The van der Waals surface area contributed by atoms with Crippen LogP contribution in [-0.2, 0) is 7.05 Å². The third-order valence-corrected chi connectivity index (χ3v) is 4.27. The van der Waals surface area contributed by atoms with Gasteiger partial charge in [0.25, 0.3) is 0 Å². The molecule has 4 rings (SSSR count). The zero-order valence-electron chi connectivity index (χ0n) is 15.7. The Morgan fingerprint density at radius 3 is 1.93 bits per heavy atom. The largest absolute Gasteiger partial charge is 0.357 e. The van der Waals surface area contributed by atoms with Gasteiger partial charge in [-0.25, -0.2) is 0 Å². The number of nitrogens with one attached hydrogen (secondary N) is 1. The van der Waals surface area contributed by atoms with Gasteiger partial charge < -0.3 is 9.98 Å². The van der Waals surface area contributed by atoms with Crippen LogP contribution in [0, 0.1) is 5.41 Å². The van der Waals surface area contributed by atoms with E-state index in [0.29, 0.717) is 5.71 Å². The summed E-state index contributed by atoms with van der Waals surface area (Å²) >= 11 is 0. The van der Waals surface area contributed by atoms with Crippen LogP contribution in [0.3, 0.4) is 0 Å². The molecule has 2 aliphatic carbocycles. The summed E-state index contributed by atoms with van der Waals surface area (Å²) in [5.74, 6) is 0. The summed E-state index contributed by atoms with van der Waals surface area (Å²) in [5, 5.41) is 25.9. The Kier molecular flexibility index (Phi) is 6.61. The number of fused-ring (bicyclic) bond motifs is 1. The van der Waals surface area contributed by atoms with Gasteiger partial charge in [0, 0.05) is 30.6 Å². The van der Waals surface area contributed by atoms with E-state index in [1.165, 1.54) is 0 Å². The van der Waals surface area contributed by atoms with E-state index in [1.807, 2.05) is 90.8 Å². The highest BCUT2D eigenvalue weighted by Crippen LogP contribution is 2.17. The highest BCUT2D eigenvalue weighted by atomic mass is 127. The number of allylic oxidation sites excluding steroid dienone is 6. The van der Waals surface area contributed by atoms with Crippen molar-refractivity contribution in [2.45, 2.75) is 0 Å². The van der Waals surface area contributed by atoms with Crippen LogP contribution in [0.2, 0.25) is 0 Å². The molecule has 1 heterocycles. The van der Waals surface area contributed by atoms with Crippen molar-refractivity contribution in [2.24, 2.45) is 27.5 Å². The molecule has 0 spiro atoms. The van der Waals surface area contributed by atoms with E-state index in [4.69, 9.17) is 5.41 Å². The van der Waals surface area contributed by atoms with Crippen molar-refractivity contribution < 1.29 is 0 Å². The molecule has 2 aromatic rings. The zero-order chi connectivity index (χ0) is 19.3. The van der Waals surface area contributed by atoms with E-state index in [9.17, 15) is 0 Å². The first-order chi connectivity index (χ1) is 13.7. The minimum atomic E-state index is 0. The summed E-state index contributed by atoms with van der Waals surface area (Å²) in [6, 6.07) is 11.5. The summed E-state index contributed by atoms with van der Waals surface area (Å²) in [7, 11) is 1.96. The topological polar surface area (TPSA) is 78.2 Å². The van der Waals surface area contributed by atoms with Gasteiger partial charge in [0.15, 0.2) is 0 Å². The minimum absolute atomic E-state index is 0. The number of aryl methyl sites for hydroxylation is 1. The average Bonchev–Trinajstić information content (AvgIpc) is 2.74. The lowest BCUT2D eigenvalue weighted by molar-refractivity contribution is 0.894. The molecular formula is C22H19IN6. The first-order valence-corrected chi connectivity index (χ1v) is 8.81. The van der Waals surface area contributed by atoms with Crippen LogP contribution >= 0.6 is 24.0 Å². The fraction of sp³-hybridized carbons (Fsp3) is 0.0455. The van der Waals surface area contributed by atoms with Gasteiger partial charge in [-0.3, -0.25) is 0 Å². The first-order valence-electron chi connectivity index (χ1n) is 8.81. The Morgan fingerprint density at radius 2 is 1.28 bits per heavy atom. The van der Waals surface area contributed by atoms with Crippen LogP contribution in [-0.4, -0.2) is 27.4 Å². The molecule has 0 amide bonds. The molecule has 29 heavy (non-hydrogen) atoms. The van der Waals surface area contributed by atoms with Gasteiger partial charge >= 0.3 is 0 Å². The third kappa shape index (κ3) is 5.00. The molecule has 0 saturated carbocycles. The number of hydrogen-bond acceptors (Lipinski definition) is 5. The Balaban J connectivity index is 0.00000240. The standard InChI is InChI=1S/C22H18N6.HI/c1-28-14-12-18(13-15-28)25-24-16-6-8-17(9-7-16)26-27-22-11-10-21(23)19-4-2-3-5-20(19)22;/h2-15,23H,1H3;1H/b23-21?,24-16?,26-17?,27-22+;. The highest BCUT2D eigenvalue weighted by Gasteiger charge is 2.14. The molecule has 0 bridgehead atoms. The molecule has 1 aromatic heterocycles. The molecule has 7 heteroatoms. The second-order valence-electron chi connectivity index (χ2n) is 6.32. The number of benzene rings is 1. The number of pyridine rings is 1. The number of halogens is 1. The fourth-order valence-electron chi connectivity index (χ4n) is 2.74. The van der Waals surface area contributed by atoms with Gasteiger partial charge in [0.2, 0.25) is 0 Å². The summed E-state index contributed by atoms with van der Waals surface area (Å²) < 4.78 is 1.94. The van der Waals surface area contributed by atoms with Crippen molar-refractivity contribution in [1.82, 2.24) is 4.57 Å². The third-order valence-electron chi connectivity index (χ3n) is 4.27. The van der Waals surface area contributed by atoms with E-state index in [-0.39, 0.29) is 24.0 Å². The van der Waals surface area contributed by atoms with Gasteiger partial charge in [-0.2, -0.15) is 15.3 Å². The molecule has 0 radical (unpaired) electrons. The SMILES string of the molecule is Cn1ccc(=NN=C2C=CC(=N/N=C3\C=CC(=N)c4ccccc43)C=C2)cc1.I. The average molecular weight is 494 g/mol. The molecule has 0 aliphatic heterocycles. The highest BCUT2D eigenvalue weighted by molar-refractivity contribution is 14.0. The fourth-order valence-corrected chi connectivity index (χ4v) is 2.74. The first kappa shape index (κ1) is 20.5. The number of nitrogens with zero attached hydrogens (tertiary/aromatic N) is 5. The summed E-state index contributed by atoms with van der Waals surface area (Å²) in [6.07, 6.45) is 14.8. The Hall–Kier alpha value is -3.20. The van der Waals surface area contributed by atoms with Gasteiger partial charge in [-0.1, -0.05) is 24.3 Å². The number of hydrogen-bond donors (Lipinski definition) is 1. The van der Waals surface area contributed by atoms with Crippen LogP contribution in [0.5, 0.6) is 0 Å². The van der Waals surface area contributed by atoms with Crippen molar-refractivity contribution in [1.29, 1.82) is 5.41 Å². The molecule has 0 atom stereocenters. The maximum atomic E-state index is 8.00. The Morgan fingerprint density at radius 1 is 0.690 bits per heavy atom. The van der Waals surface area contributed by atoms with Crippen LogP contribution in [0.1, 0.15) is 11.1 Å². The maximum Gasteiger partial charge on any atom is 0.0936 e. The van der Waals surface area contributed by atoms with Crippen LogP contribution in [0.4, 0.5) is 0 Å². The molecule has 144 valence electrons. The lowest BCUT2D eigenvalue weighted by Gasteiger charge is -2.12. The normalized spacial score (nSPS) is 15.8. The molecule has 1 N–H and O–H groups in total. The zero-order valence-corrected chi connectivity index (χ0v) is 18.1. The predicted octanol–water partition coefficient (Wildman–Crippen LogP) is 3.81. The van der Waals surface area contributed by atoms with Crippen molar-refractivity contribution in [2.75, 3.05) is 0 Å². The van der Waals surface area contributed by atoms with Crippen molar-refractivity contribution in [3.8, 4) is 0 Å². The van der Waals surface area contributed by atoms with E-state index in [0.717, 1.165) is 33.6 Å².